The minimum atomic E-state index is -1.04. The number of carbonyl (C=O) groups excluding carboxylic acids is 1. The number of rotatable bonds is 8. The van der Waals surface area contributed by atoms with Crippen molar-refractivity contribution in [1.82, 2.24) is 5.32 Å². The Kier molecular flexibility index (Phi) is 6.46. The van der Waals surface area contributed by atoms with Crippen LogP contribution in [0.2, 0.25) is 0 Å². The smallest absolute Gasteiger partial charge is 0.320 e. The molecule has 2 atom stereocenters. The molecule has 8 nitrogen and oxygen atoms in total. The summed E-state index contributed by atoms with van der Waals surface area (Å²) in [7, 11) is 0. The Balaban J connectivity index is 2.76. The zero-order valence-corrected chi connectivity index (χ0v) is 12.4. The Hall–Kier alpha value is -2.48. The monoisotopic (exact) mass is 309 g/mol. The average Bonchev–Trinajstić information content (AvgIpc) is 2.46. The summed E-state index contributed by atoms with van der Waals surface area (Å²) in [4.78, 5) is 33.4. The Morgan fingerprint density at radius 1 is 1.36 bits per heavy atom. The average molecular weight is 309 g/mol. The number of hydrogen-bond acceptors (Lipinski definition) is 5. The van der Waals surface area contributed by atoms with Gasteiger partial charge in [0.25, 0.3) is 5.69 Å². The van der Waals surface area contributed by atoms with Crippen molar-refractivity contribution in [2.45, 2.75) is 38.8 Å². The Morgan fingerprint density at radius 3 is 2.55 bits per heavy atom. The van der Waals surface area contributed by atoms with Gasteiger partial charge >= 0.3 is 5.97 Å². The minimum Gasteiger partial charge on any atom is -0.480 e. The van der Waals surface area contributed by atoms with Gasteiger partial charge in [-0.05, 0) is 19.4 Å². The molecule has 0 aliphatic rings. The number of para-hydroxylation sites is 2. The van der Waals surface area contributed by atoms with Crippen molar-refractivity contribution in [3.8, 4) is 0 Å². The van der Waals surface area contributed by atoms with Crippen LogP contribution in [0.4, 0.5) is 11.4 Å². The summed E-state index contributed by atoms with van der Waals surface area (Å²) in [6.07, 6.45) is 1.04. The summed E-state index contributed by atoms with van der Waals surface area (Å²) >= 11 is 0. The van der Waals surface area contributed by atoms with Crippen molar-refractivity contribution in [2.75, 3.05) is 5.32 Å². The Bertz CT molecular complexity index is 561. The molecule has 0 aromatic heterocycles. The predicted octanol–water partition coefficient (Wildman–Crippen LogP) is 1.76. The lowest BCUT2D eigenvalue weighted by atomic mass is 10.1. The van der Waals surface area contributed by atoms with Crippen molar-refractivity contribution in [3.05, 3.63) is 34.4 Å². The Labute approximate surface area is 127 Å². The largest absolute Gasteiger partial charge is 0.480 e. The van der Waals surface area contributed by atoms with Crippen molar-refractivity contribution >= 4 is 23.3 Å². The van der Waals surface area contributed by atoms with E-state index in [1.54, 1.807) is 6.07 Å². The van der Waals surface area contributed by atoms with Crippen LogP contribution in [0.5, 0.6) is 0 Å². The molecular weight excluding hydrogens is 290 g/mol. The molecule has 1 amide bonds. The summed E-state index contributed by atoms with van der Waals surface area (Å²) in [6, 6.07) is 4.13. The number of carbonyl (C=O) groups is 2. The molecule has 0 bridgehead atoms. The molecule has 0 aliphatic carbocycles. The third-order valence-corrected chi connectivity index (χ3v) is 3.08. The second-order valence-corrected chi connectivity index (χ2v) is 4.83. The second-order valence-electron chi connectivity index (χ2n) is 4.83. The van der Waals surface area contributed by atoms with E-state index in [-0.39, 0.29) is 11.4 Å². The third-order valence-electron chi connectivity index (χ3n) is 3.08. The zero-order chi connectivity index (χ0) is 16.7. The number of aliphatic carboxylic acids is 1. The van der Waals surface area contributed by atoms with Gasteiger partial charge in [0.2, 0.25) is 5.91 Å². The first-order valence-electron chi connectivity index (χ1n) is 6.90. The molecule has 0 saturated heterocycles. The van der Waals surface area contributed by atoms with Crippen LogP contribution in [0.3, 0.4) is 0 Å². The molecular formula is C14H19N3O5. The van der Waals surface area contributed by atoms with Crippen molar-refractivity contribution in [3.63, 3.8) is 0 Å². The molecule has 0 aliphatic heterocycles. The topological polar surface area (TPSA) is 122 Å². The molecule has 0 radical (unpaired) electrons. The number of hydrogen-bond donors (Lipinski definition) is 3. The highest BCUT2D eigenvalue weighted by Crippen LogP contribution is 2.23. The number of benzene rings is 1. The van der Waals surface area contributed by atoms with Gasteiger partial charge < -0.3 is 10.4 Å². The van der Waals surface area contributed by atoms with E-state index in [4.69, 9.17) is 5.11 Å². The maximum Gasteiger partial charge on any atom is 0.320 e. The van der Waals surface area contributed by atoms with Gasteiger partial charge in [0.05, 0.1) is 11.0 Å². The number of nitrogens with one attached hydrogen (secondary N) is 2. The first-order valence-corrected chi connectivity index (χ1v) is 6.90. The molecule has 120 valence electrons. The van der Waals surface area contributed by atoms with Gasteiger partial charge in [-0.2, -0.15) is 0 Å². The van der Waals surface area contributed by atoms with Gasteiger partial charge in [0.15, 0.2) is 0 Å². The maximum absolute atomic E-state index is 12.1. The fourth-order valence-corrected chi connectivity index (χ4v) is 1.92. The molecule has 0 spiro atoms. The van der Waals surface area contributed by atoms with Gasteiger partial charge in [-0.15, -0.1) is 0 Å². The number of amides is 1. The van der Waals surface area contributed by atoms with E-state index in [1.165, 1.54) is 25.1 Å². The first kappa shape index (κ1) is 17.6. The fourth-order valence-electron chi connectivity index (χ4n) is 1.92. The molecule has 0 saturated carbocycles. The highest BCUT2D eigenvalue weighted by Gasteiger charge is 2.23. The van der Waals surface area contributed by atoms with Crippen molar-refractivity contribution in [1.29, 1.82) is 0 Å². The molecule has 1 aromatic rings. The maximum atomic E-state index is 12.1. The fraction of sp³-hybridized carbons (Fsp3) is 0.429. The molecule has 2 unspecified atom stereocenters. The van der Waals surface area contributed by atoms with Crippen LogP contribution in [0, 0.1) is 10.1 Å². The van der Waals surface area contributed by atoms with Gasteiger partial charge in [0.1, 0.15) is 11.7 Å². The van der Waals surface area contributed by atoms with E-state index < -0.39 is 28.9 Å². The quantitative estimate of drug-likeness (QED) is 0.497. The van der Waals surface area contributed by atoms with E-state index in [2.05, 4.69) is 10.6 Å². The highest BCUT2D eigenvalue weighted by molar-refractivity contribution is 5.96. The third kappa shape index (κ3) is 4.81. The van der Waals surface area contributed by atoms with Crippen LogP contribution in [-0.4, -0.2) is 34.0 Å². The number of nitro groups is 1. The summed E-state index contributed by atoms with van der Waals surface area (Å²) in [5.74, 6) is -1.57. The lowest BCUT2D eigenvalue weighted by molar-refractivity contribution is -0.383. The summed E-state index contributed by atoms with van der Waals surface area (Å²) in [6.45, 7) is 3.35. The number of carboxylic acid groups (broad SMARTS) is 1. The van der Waals surface area contributed by atoms with Crippen LogP contribution in [0.15, 0.2) is 24.3 Å². The van der Waals surface area contributed by atoms with Crippen LogP contribution >= 0.6 is 0 Å². The van der Waals surface area contributed by atoms with E-state index in [0.29, 0.717) is 12.8 Å². The summed E-state index contributed by atoms with van der Waals surface area (Å²) < 4.78 is 0. The lowest BCUT2D eigenvalue weighted by Gasteiger charge is -2.19. The number of carboxylic acids is 1. The lowest BCUT2D eigenvalue weighted by Crippen LogP contribution is -2.47. The molecule has 1 rings (SSSR count). The molecule has 8 heteroatoms. The van der Waals surface area contributed by atoms with E-state index >= 15 is 0 Å². The molecule has 3 N–H and O–H groups in total. The zero-order valence-electron chi connectivity index (χ0n) is 12.4. The SMILES string of the molecule is CCCC(NC(C)C(=O)Nc1ccccc1[N+](=O)[O-])C(=O)O. The van der Waals surface area contributed by atoms with Crippen LogP contribution < -0.4 is 10.6 Å². The van der Waals surface area contributed by atoms with Crippen LogP contribution in [0.1, 0.15) is 26.7 Å². The second kappa shape index (κ2) is 8.08. The van der Waals surface area contributed by atoms with Gasteiger partial charge in [-0.1, -0.05) is 25.5 Å². The van der Waals surface area contributed by atoms with Crippen molar-refractivity contribution < 1.29 is 19.6 Å². The number of anilines is 1. The molecule has 1 aromatic carbocycles. The first-order chi connectivity index (χ1) is 10.4. The van der Waals surface area contributed by atoms with Crippen LogP contribution in [0.25, 0.3) is 0 Å². The van der Waals surface area contributed by atoms with E-state index in [1.807, 2.05) is 6.92 Å². The summed E-state index contributed by atoms with van der Waals surface area (Å²) in [5, 5.41) is 25.1. The molecule has 0 heterocycles. The van der Waals surface area contributed by atoms with Crippen molar-refractivity contribution in [2.24, 2.45) is 0 Å². The summed E-state index contributed by atoms with van der Waals surface area (Å²) in [5.41, 5.74) is -0.139. The van der Waals surface area contributed by atoms with Crippen LogP contribution in [-0.2, 0) is 9.59 Å². The van der Waals surface area contributed by atoms with E-state index in [9.17, 15) is 19.7 Å². The number of nitrogens with zero attached hydrogens (tertiary/aromatic N) is 1. The Morgan fingerprint density at radius 2 is 2.00 bits per heavy atom. The number of nitro benzene ring substituents is 1. The van der Waals surface area contributed by atoms with Gasteiger partial charge in [-0.3, -0.25) is 25.0 Å². The highest BCUT2D eigenvalue weighted by atomic mass is 16.6. The van der Waals surface area contributed by atoms with Gasteiger partial charge in [0, 0.05) is 6.07 Å². The van der Waals surface area contributed by atoms with E-state index in [0.717, 1.165) is 0 Å². The van der Waals surface area contributed by atoms with Gasteiger partial charge in [-0.25, -0.2) is 0 Å². The predicted molar refractivity (Wildman–Crippen MR) is 80.7 cm³/mol. The standard InChI is InChI=1S/C14H19N3O5/c1-3-6-11(14(19)20)15-9(2)13(18)16-10-7-4-5-8-12(10)17(21)22/h4-5,7-9,11,15H,3,6H2,1-2H3,(H,16,18)(H,19,20). The molecule has 22 heavy (non-hydrogen) atoms. The minimum absolute atomic E-state index is 0.0773. The normalized spacial score (nSPS) is 13.2. The molecule has 0 fully saturated rings.